The first-order valence-corrected chi connectivity index (χ1v) is 12.1. The third-order valence-electron chi connectivity index (χ3n) is 7.38. The Hall–Kier alpha value is -4.00. The normalized spacial score (nSPS) is 22.3. The molecule has 36 heavy (non-hydrogen) atoms. The number of ether oxygens (including phenoxy) is 2. The number of hydrogen-bond acceptors (Lipinski definition) is 4. The molecule has 1 saturated heterocycles. The molecule has 7 nitrogen and oxygen atoms in total. The largest absolute Gasteiger partial charge is 0.493 e. The lowest BCUT2D eigenvalue weighted by molar-refractivity contribution is -0.131. The number of nitrogens with one attached hydrogen (secondary N) is 2. The number of hydrogen-bond donors (Lipinski definition) is 2. The SMILES string of the molecule is COc1cccc2c1O[C@@]1(C)[C@H](C(=O)Nc3ccc(C)cc3C)[C@H]2NC(=O)N1c1ccc(C)c(C)c1. The summed E-state index contributed by atoms with van der Waals surface area (Å²) < 4.78 is 12.2. The topological polar surface area (TPSA) is 79.9 Å². The van der Waals surface area contributed by atoms with Crippen molar-refractivity contribution in [1.29, 1.82) is 0 Å². The number of rotatable bonds is 4. The quantitative estimate of drug-likeness (QED) is 0.507. The molecular weight excluding hydrogens is 454 g/mol. The van der Waals surface area contributed by atoms with Gasteiger partial charge in [0.1, 0.15) is 5.92 Å². The van der Waals surface area contributed by atoms with Gasteiger partial charge in [-0.1, -0.05) is 35.9 Å². The van der Waals surface area contributed by atoms with Gasteiger partial charge in [0.05, 0.1) is 13.2 Å². The van der Waals surface area contributed by atoms with E-state index in [0.717, 1.165) is 27.9 Å². The molecule has 3 aromatic rings. The van der Waals surface area contributed by atoms with Gasteiger partial charge in [0.2, 0.25) is 11.6 Å². The maximum atomic E-state index is 14.0. The molecule has 2 bridgehead atoms. The van der Waals surface area contributed by atoms with E-state index in [1.54, 1.807) is 18.9 Å². The second kappa shape index (κ2) is 8.59. The highest BCUT2D eigenvalue weighted by Gasteiger charge is 2.60. The Bertz CT molecular complexity index is 1380. The van der Waals surface area contributed by atoms with Crippen molar-refractivity contribution in [2.24, 2.45) is 5.92 Å². The number of nitrogens with zero attached hydrogens (tertiary/aromatic N) is 1. The fraction of sp³-hybridized carbons (Fsp3) is 0.310. The highest BCUT2D eigenvalue weighted by Crippen LogP contribution is 2.52. The zero-order chi connectivity index (χ0) is 25.8. The van der Waals surface area contributed by atoms with Crippen LogP contribution in [0.1, 0.15) is 40.8 Å². The molecule has 0 unspecified atom stereocenters. The first-order valence-electron chi connectivity index (χ1n) is 12.1. The second-order valence-electron chi connectivity index (χ2n) is 9.85. The summed E-state index contributed by atoms with van der Waals surface area (Å²) in [4.78, 5) is 29.1. The second-order valence-corrected chi connectivity index (χ2v) is 9.85. The molecule has 1 fully saturated rings. The summed E-state index contributed by atoms with van der Waals surface area (Å²) in [7, 11) is 1.58. The summed E-state index contributed by atoms with van der Waals surface area (Å²) in [6, 6.07) is 16.3. The van der Waals surface area contributed by atoms with E-state index in [-0.39, 0.29) is 11.9 Å². The summed E-state index contributed by atoms with van der Waals surface area (Å²) in [5, 5.41) is 6.19. The first-order chi connectivity index (χ1) is 17.1. The standard InChI is InChI=1S/C29H31N3O4/c1-16-10-13-22(19(4)14-16)30-27(33)24-25-21-8-7-9-23(35-6)26(21)36-29(24,5)32(28(34)31-25)20-12-11-17(2)18(3)15-20/h7-15,24-25H,1-6H3,(H,30,33)(H,31,34)/t24-,25-,29-/m0/s1. The van der Waals surface area contributed by atoms with Crippen LogP contribution in [0.2, 0.25) is 0 Å². The number of methoxy groups -OCH3 is 1. The van der Waals surface area contributed by atoms with Crippen molar-refractivity contribution in [2.45, 2.75) is 46.4 Å². The number of carbonyl (C=O) groups excluding carboxylic acids is 2. The molecule has 3 amide bonds. The minimum Gasteiger partial charge on any atom is -0.493 e. The average molecular weight is 486 g/mol. The molecule has 3 aromatic carbocycles. The van der Waals surface area contributed by atoms with Crippen LogP contribution in [0.3, 0.4) is 0 Å². The van der Waals surface area contributed by atoms with Crippen molar-refractivity contribution < 1.29 is 19.1 Å². The molecular formula is C29H31N3O4. The van der Waals surface area contributed by atoms with Crippen LogP contribution in [0.15, 0.2) is 54.6 Å². The van der Waals surface area contributed by atoms with Crippen LogP contribution < -0.4 is 25.0 Å². The number of para-hydroxylation sites is 1. The van der Waals surface area contributed by atoms with E-state index in [4.69, 9.17) is 9.47 Å². The highest BCUT2D eigenvalue weighted by molar-refractivity contribution is 6.02. The zero-order valence-electron chi connectivity index (χ0n) is 21.4. The molecule has 7 heteroatoms. The Labute approximate surface area is 211 Å². The Morgan fingerprint density at radius 1 is 1.03 bits per heavy atom. The minimum absolute atomic E-state index is 0.239. The van der Waals surface area contributed by atoms with E-state index < -0.39 is 17.7 Å². The van der Waals surface area contributed by atoms with Crippen LogP contribution in [0.25, 0.3) is 0 Å². The molecule has 186 valence electrons. The summed E-state index contributed by atoms with van der Waals surface area (Å²) in [6.45, 7) is 9.80. The van der Waals surface area contributed by atoms with E-state index in [2.05, 4.69) is 10.6 Å². The van der Waals surface area contributed by atoms with Gasteiger partial charge in [0.15, 0.2) is 11.5 Å². The predicted octanol–water partition coefficient (Wildman–Crippen LogP) is 5.56. The van der Waals surface area contributed by atoms with Crippen molar-refractivity contribution in [3.05, 3.63) is 82.4 Å². The van der Waals surface area contributed by atoms with Crippen LogP contribution in [-0.4, -0.2) is 24.8 Å². The van der Waals surface area contributed by atoms with Crippen molar-refractivity contribution >= 4 is 23.3 Å². The van der Waals surface area contributed by atoms with E-state index in [1.165, 1.54) is 0 Å². The number of aryl methyl sites for hydroxylation is 4. The fourth-order valence-electron chi connectivity index (χ4n) is 5.35. The van der Waals surface area contributed by atoms with Gasteiger partial charge in [-0.25, -0.2) is 4.79 Å². The summed E-state index contributed by atoms with van der Waals surface area (Å²) in [6.07, 6.45) is 0. The Morgan fingerprint density at radius 2 is 1.81 bits per heavy atom. The Morgan fingerprint density at radius 3 is 2.50 bits per heavy atom. The maximum Gasteiger partial charge on any atom is 0.325 e. The molecule has 5 rings (SSSR count). The number of benzene rings is 3. The molecule has 0 radical (unpaired) electrons. The molecule has 2 aliphatic heterocycles. The Balaban J connectivity index is 1.66. The highest BCUT2D eigenvalue weighted by atomic mass is 16.5. The number of carbonyl (C=O) groups is 2. The number of fused-ring (bicyclic) bond motifs is 4. The van der Waals surface area contributed by atoms with Gasteiger partial charge in [0.25, 0.3) is 0 Å². The van der Waals surface area contributed by atoms with Crippen molar-refractivity contribution in [3.8, 4) is 11.5 Å². The minimum atomic E-state index is -1.32. The molecule has 0 aromatic heterocycles. The van der Waals surface area contributed by atoms with Crippen molar-refractivity contribution in [3.63, 3.8) is 0 Å². The summed E-state index contributed by atoms with van der Waals surface area (Å²) in [5.74, 6) is 0.0823. The smallest absolute Gasteiger partial charge is 0.325 e. The van der Waals surface area contributed by atoms with Gasteiger partial charge >= 0.3 is 6.03 Å². The van der Waals surface area contributed by atoms with Gasteiger partial charge in [-0.15, -0.1) is 0 Å². The third kappa shape index (κ3) is 3.66. The maximum absolute atomic E-state index is 14.0. The number of amides is 3. The van der Waals surface area contributed by atoms with E-state index in [1.807, 2.05) is 82.3 Å². The van der Waals surface area contributed by atoms with Gasteiger partial charge in [-0.05, 0) is 75.6 Å². The molecule has 3 atom stereocenters. The van der Waals surface area contributed by atoms with Gasteiger partial charge in [-0.3, -0.25) is 9.69 Å². The van der Waals surface area contributed by atoms with E-state index >= 15 is 0 Å². The zero-order valence-corrected chi connectivity index (χ0v) is 21.4. The summed E-state index contributed by atoms with van der Waals surface area (Å²) in [5.41, 5.74) is 5.00. The van der Waals surface area contributed by atoms with Crippen LogP contribution in [0.5, 0.6) is 11.5 Å². The molecule has 2 aliphatic rings. The molecule has 0 spiro atoms. The predicted molar refractivity (Wildman–Crippen MR) is 140 cm³/mol. The fourth-order valence-corrected chi connectivity index (χ4v) is 5.35. The van der Waals surface area contributed by atoms with Crippen LogP contribution >= 0.6 is 0 Å². The molecule has 0 saturated carbocycles. The lowest BCUT2D eigenvalue weighted by Gasteiger charge is -2.54. The van der Waals surface area contributed by atoms with E-state index in [9.17, 15) is 9.59 Å². The third-order valence-corrected chi connectivity index (χ3v) is 7.38. The lowest BCUT2D eigenvalue weighted by Crippen LogP contribution is -2.72. The molecule has 2 heterocycles. The monoisotopic (exact) mass is 485 g/mol. The average Bonchev–Trinajstić information content (AvgIpc) is 2.82. The van der Waals surface area contributed by atoms with E-state index in [0.29, 0.717) is 22.7 Å². The molecule has 2 N–H and O–H groups in total. The summed E-state index contributed by atoms with van der Waals surface area (Å²) >= 11 is 0. The Kier molecular flexibility index (Phi) is 5.66. The lowest BCUT2D eigenvalue weighted by atomic mass is 9.78. The number of urea groups is 1. The molecule has 0 aliphatic carbocycles. The van der Waals surface area contributed by atoms with Crippen LogP contribution in [0.4, 0.5) is 16.2 Å². The van der Waals surface area contributed by atoms with Gasteiger partial charge in [0, 0.05) is 16.9 Å². The van der Waals surface area contributed by atoms with Crippen molar-refractivity contribution in [2.75, 3.05) is 17.3 Å². The van der Waals surface area contributed by atoms with Gasteiger partial charge < -0.3 is 20.1 Å². The van der Waals surface area contributed by atoms with Crippen molar-refractivity contribution in [1.82, 2.24) is 5.32 Å². The first kappa shape index (κ1) is 23.7. The number of anilines is 2. The van der Waals surface area contributed by atoms with Gasteiger partial charge in [-0.2, -0.15) is 0 Å². The van der Waals surface area contributed by atoms with Crippen LogP contribution in [0, 0.1) is 33.6 Å². The van der Waals surface area contributed by atoms with Crippen LogP contribution in [-0.2, 0) is 4.79 Å².